The summed E-state index contributed by atoms with van der Waals surface area (Å²) in [6.45, 7) is 3.53. The van der Waals surface area contributed by atoms with Gasteiger partial charge in [0.25, 0.3) is 0 Å². The molecule has 2 unspecified atom stereocenters. The molecule has 0 aliphatic carbocycles. The Balaban J connectivity index is 3.88. The minimum absolute atomic E-state index is 0.0485. The zero-order chi connectivity index (χ0) is 63.0. The van der Waals surface area contributed by atoms with Crippen molar-refractivity contribution >= 4 is 19.8 Å². The van der Waals surface area contributed by atoms with Gasteiger partial charge in [0.1, 0.15) is 6.61 Å². The molecule has 10 heteroatoms. The fraction of sp³-hybridized carbons (Fsp3) is 0.662. The van der Waals surface area contributed by atoms with Crippen LogP contribution in [0.25, 0.3) is 0 Å². The molecule has 0 aromatic heterocycles. The molecule has 0 heterocycles. The molecule has 0 aliphatic rings. The van der Waals surface area contributed by atoms with Crippen LogP contribution in [0.2, 0.25) is 0 Å². The molecule has 0 aromatic rings. The molecule has 0 spiro atoms. The van der Waals surface area contributed by atoms with Crippen LogP contribution in [-0.2, 0) is 32.7 Å². The van der Waals surface area contributed by atoms with Crippen LogP contribution in [-0.4, -0.2) is 49.3 Å². The van der Waals surface area contributed by atoms with Crippen molar-refractivity contribution in [2.24, 2.45) is 5.73 Å². The van der Waals surface area contributed by atoms with E-state index in [2.05, 4.69) is 160 Å². The van der Waals surface area contributed by atoms with Gasteiger partial charge in [-0.2, -0.15) is 0 Å². The summed E-state index contributed by atoms with van der Waals surface area (Å²) in [5.41, 5.74) is 5.40. The number of allylic oxidation sites excluding steroid dienone is 24. The summed E-state index contributed by atoms with van der Waals surface area (Å²) in [6, 6.07) is 0. The highest BCUT2D eigenvalue weighted by Crippen LogP contribution is 2.43. The lowest BCUT2D eigenvalue weighted by atomic mass is 10.0. The van der Waals surface area contributed by atoms with Crippen molar-refractivity contribution in [3.8, 4) is 0 Å². The van der Waals surface area contributed by atoms with Crippen LogP contribution in [0.15, 0.2) is 146 Å². The number of hydrogen-bond acceptors (Lipinski definition) is 8. The molecule has 0 fully saturated rings. The van der Waals surface area contributed by atoms with Gasteiger partial charge in [-0.15, -0.1) is 0 Å². The van der Waals surface area contributed by atoms with Crippen LogP contribution < -0.4 is 5.73 Å². The molecule has 0 amide bonds. The number of hydrogen-bond donors (Lipinski definition) is 2. The Morgan fingerprint density at radius 2 is 0.598 bits per heavy atom. The van der Waals surface area contributed by atoms with Gasteiger partial charge >= 0.3 is 19.8 Å². The van der Waals surface area contributed by atoms with Crippen LogP contribution in [0.5, 0.6) is 0 Å². The second-order valence-corrected chi connectivity index (χ2v) is 24.4. The first kappa shape index (κ1) is 82.9. The summed E-state index contributed by atoms with van der Waals surface area (Å²) in [4.78, 5) is 35.4. The van der Waals surface area contributed by atoms with Gasteiger partial charge in [0, 0.05) is 19.4 Å². The summed E-state index contributed by atoms with van der Waals surface area (Å²) >= 11 is 0. The molecule has 0 aliphatic heterocycles. The number of nitrogens with two attached hydrogens (primary N) is 1. The topological polar surface area (TPSA) is 134 Å². The third-order valence-corrected chi connectivity index (χ3v) is 15.7. The summed E-state index contributed by atoms with van der Waals surface area (Å²) < 4.78 is 33.2. The van der Waals surface area contributed by atoms with E-state index >= 15 is 0 Å². The Labute approximate surface area is 535 Å². The van der Waals surface area contributed by atoms with Crippen molar-refractivity contribution in [3.05, 3.63) is 146 Å². The van der Waals surface area contributed by atoms with E-state index in [1.807, 2.05) is 0 Å². The van der Waals surface area contributed by atoms with E-state index in [4.69, 9.17) is 24.3 Å². The standard InChI is InChI=1S/C77H130NO8P/c1-3-5-7-9-11-13-15-17-19-21-23-25-27-29-30-31-32-33-34-35-36-37-38-39-40-41-42-43-44-46-48-50-52-54-56-58-60-62-64-66-68-70-77(80)86-75(74-85-87(81,82)84-72-71-78)73-83-76(79)69-67-65-63-61-59-57-55-53-51-49-47-45-28-26-24-22-20-18-16-14-12-10-8-6-4-2/h5-8,11-14,17-20,23-26,29-30,32-33,35-36,38-39,75H,3-4,9-10,15-16,21-22,27-28,31,34,37,40-74,78H2,1-2H3,(H,81,82)/b7-5-,8-6-,13-11-,14-12-,19-17-,20-18-,25-23-,26-24-,30-29-,33-32-,36-35-,39-38-. The van der Waals surface area contributed by atoms with Crippen molar-refractivity contribution in [1.82, 2.24) is 0 Å². The van der Waals surface area contributed by atoms with E-state index in [1.54, 1.807) is 0 Å². The molecular weight excluding hydrogens is 1100 g/mol. The van der Waals surface area contributed by atoms with E-state index in [1.165, 1.54) is 148 Å². The van der Waals surface area contributed by atoms with Crippen molar-refractivity contribution in [1.29, 1.82) is 0 Å². The predicted octanol–water partition coefficient (Wildman–Crippen LogP) is 23.4. The highest BCUT2D eigenvalue weighted by Gasteiger charge is 2.26. The second kappa shape index (κ2) is 71.0. The van der Waals surface area contributed by atoms with E-state index in [0.29, 0.717) is 6.42 Å². The van der Waals surface area contributed by atoms with Gasteiger partial charge in [-0.1, -0.05) is 314 Å². The lowest BCUT2D eigenvalue weighted by molar-refractivity contribution is -0.161. The summed E-state index contributed by atoms with van der Waals surface area (Å²) in [7, 11) is -4.40. The molecule has 2 atom stereocenters. The molecular formula is C77H130NO8P. The number of unbranched alkanes of at least 4 members (excludes halogenated alkanes) is 28. The number of rotatable bonds is 65. The first-order chi connectivity index (χ1) is 42.8. The van der Waals surface area contributed by atoms with E-state index in [0.717, 1.165) is 116 Å². The van der Waals surface area contributed by atoms with E-state index < -0.39 is 26.5 Å². The van der Waals surface area contributed by atoms with Crippen LogP contribution in [0, 0.1) is 0 Å². The number of ether oxygens (including phenoxy) is 2. The van der Waals surface area contributed by atoms with Gasteiger partial charge in [0.2, 0.25) is 0 Å². The molecule has 9 nitrogen and oxygen atoms in total. The second-order valence-electron chi connectivity index (χ2n) is 23.0. The lowest BCUT2D eigenvalue weighted by Crippen LogP contribution is -2.29. The van der Waals surface area contributed by atoms with Crippen LogP contribution in [0.1, 0.15) is 296 Å². The average Bonchev–Trinajstić information content (AvgIpc) is 3.65. The maximum Gasteiger partial charge on any atom is 0.472 e. The summed E-state index contributed by atoms with van der Waals surface area (Å²) in [6.07, 6.45) is 102. The quantitative estimate of drug-likeness (QED) is 0.0264. The van der Waals surface area contributed by atoms with Gasteiger partial charge in [-0.05, 0) is 116 Å². The number of phosphoric acid groups is 1. The number of carbonyl (C=O) groups is 2. The van der Waals surface area contributed by atoms with Gasteiger partial charge < -0.3 is 20.1 Å². The Kier molecular flexibility index (Phi) is 67.6. The van der Waals surface area contributed by atoms with Crippen molar-refractivity contribution in [2.75, 3.05) is 26.4 Å². The first-order valence-electron chi connectivity index (χ1n) is 35.3. The fourth-order valence-electron chi connectivity index (χ4n) is 9.59. The SMILES string of the molecule is CC/C=C\C/C=C\C/C=C\C/C=C\C/C=C\C/C=C\C/C=C\C/C=C\CCCCCCCCCCCCCCCCCCC(=O)OC(COC(=O)CCCCCCCCCCCCCC/C=C\C/C=C\C/C=C\C/C=C\CC)COP(=O)(O)OCCN. The van der Waals surface area contributed by atoms with E-state index in [9.17, 15) is 19.0 Å². The maximum atomic E-state index is 12.8. The average molecular weight is 1230 g/mol. The molecule has 0 rings (SSSR count). The van der Waals surface area contributed by atoms with E-state index in [-0.39, 0.29) is 38.6 Å². The van der Waals surface area contributed by atoms with Gasteiger partial charge in [-0.3, -0.25) is 18.6 Å². The van der Waals surface area contributed by atoms with Crippen molar-refractivity contribution < 1.29 is 37.6 Å². The Morgan fingerprint density at radius 1 is 0.345 bits per heavy atom. The minimum Gasteiger partial charge on any atom is -0.462 e. The monoisotopic (exact) mass is 1230 g/mol. The highest BCUT2D eigenvalue weighted by molar-refractivity contribution is 7.47. The Hall–Kier alpha value is -4.11. The predicted molar refractivity (Wildman–Crippen MR) is 376 cm³/mol. The zero-order valence-electron chi connectivity index (χ0n) is 55.7. The zero-order valence-corrected chi connectivity index (χ0v) is 56.6. The van der Waals surface area contributed by atoms with Crippen molar-refractivity contribution in [2.45, 2.75) is 302 Å². The van der Waals surface area contributed by atoms with Gasteiger partial charge in [0.15, 0.2) is 6.10 Å². The number of carbonyl (C=O) groups excluding carboxylic acids is 2. The molecule has 0 aromatic carbocycles. The lowest BCUT2D eigenvalue weighted by Gasteiger charge is -2.19. The first-order valence-corrected chi connectivity index (χ1v) is 36.8. The largest absolute Gasteiger partial charge is 0.472 e. The number of phosphoric ester groups is 1. The molecule has 0 radical (unpaired) electrons. The summed E-state index contributed by atoms with van der Waals surface area (Å²) in [5, 5.41) is 0. The molecule has 0 saturated heterocycles. The molecule has 3 N–H and O–H groups in total. The fourth-order valence-corrected chi connectivity index (χ4v) is 10.4. The summed E-state index contributed by atoms with van der Waals surface area (Å²) in [5.74, 6) is -0.828. The third-order valence-electron chi connectivity index (χ3n) is 14.7. The van der Waals surface area contributed by atoms with Crippen LogP contribution in [0.3, 0.4) is 0 Å². The van der Waals surface area contributed by atoms with Crippen LogP contribution >= 0.6 is 7.82 Å². The molecule has 0 saturated carbocycles. The molecule has 0 bridgehead atoms. The molecule has 87 heavy (non-hydrogen) atoms. The highest BCUT2D eigenvalue weighted by atomic mass is 31.2. The Bertz CT molecular complexity index is 1940. The van der Waals surface area contributed by atoms with Crippen LogP contribution in [0.4, 0.5) is 0 Å². The smallest absolute Gasteiger partial charge is 0.462 e. The van der Waals surface area contributed by atoms with Gasteiger partial charge in [-0.25, -0.2) is 4.57 Å². The maximum absolute atomic E-state index is 12.8. The third kappa shape index (κ3) is 70.8. The minimum atomic E-state index is -4.40. The van der Waals surface area contributed by atoms with Crippen molar-refractivity contribution in [3.63, 3.8) is 0 Å². The Morgan fingerprint density at radius 3 is 0.885 bits per heavy atom. The molecule has 496 valence electrons. The van der Waals surface area contributed by atoms with Gasteiger partial charge in [0.05, 0.1) is 13.2 Å². The number of esters is 2. The normalized spacial score (nSPS) is 13.8.